The summed E-state index contributed by atoms with van der Waals surface area (Å²) in [5.41, 5.74) is 0. The van der Waals surface area contributed by atoms with Gasteiger partial charge in [0.05, 0.1) is 0 Å². The fourth-order valence-corrected chi connectivity index (χ4v) is 0. The van der Waals surface area contributed by atoms with Crippen molar-refractivity contribution in [3.05, 3.63) is 0 Å². The zero-order chi connectivity index (χ0) is 7.15. The second kappa shape index (κ2) is 16.1. The van der Waals surface area contributed by atoms with E-state index < -0.39 is 11.9 Å². The maximum atomic E-state index is 9.00. The topological polar surface area (TPSA) is 106 Å². The van der Waals surface area contributed by atoms with E-state index in [4.69, 9.17) is 19.8 Å². The second-order valence-corrected chi connectivity index (χ2v) is 1.04. The molecule has 0 aliphatic carbocycles. The quantitative estimate of drug-likeness (QED) is 0.440. The van der Waals surface area contributed by atoms with Crippen molar-refractivity contribution in [3.63, 3.8) is 0 Å². The zero-order valence-corrected chi connectivity index (χ0v) is 5.21. The van der Waals surface area contributed by atoms with E-state index in [2.05, 4.69) is 0 Å². The van der Waals surface area contributed by atoms with Gasteiger partial charge in [-0.05, 0) is 0 Å². The Labute approximate surface area is 88.3 Å². The van der Waals surface area contributed by atoms with Crippen molar-refractivity contribution in [2.75, 3.05) is 0 Å². The fraction of sp³-hybridized carbons (Fsp3) is 0.500. The van der Waals surface area contributed by atoms with E-state index in [1.807, 2.05) is 0 Å². The van der Waals surface area contributed by atoms with Gasteiger partial charge < -0.3 is 15.7 Å². The van der Waals surface area contributed by atoms with Crippen LogP contribution in [-0.2, 0) is 9.59 Å². The third kappa shape index (κ3) is 16400. The van der Waals surface area contributed by atoms with Crippen LogP contribution in [-0.4, -0.2) is 65.4 Å². The summed E-state index contributed by atoms with van der Waals surface area (Å²) in [6, 6.07) is 0. The SMILES string of the molecule is CC(=O)O.CC(=O)O.O.[CaH2]. The maximum absolute atomic E-state index is 9.00. The van der Waals surface area contributed by atoms with Gasteiger partial charge in [-0.25, -0.2) is 0 Å². The van der Waals surface area contributed by atoms with E-state index in [0.29, 0.717) is 0 Å². The number of carbonyl (C=O) groups is 2. The van der Waals surface area contributed by atoms with Gasteiger partial charge >= 0.3 is 37.7 Å². The molecule has 0 atom stereocenters. The average Bonchev–Trinajstić information content (AvgIpc) is 1.25. The molecule has 60 valence electrons. The van der Waals surface area contributed by atoms with E-state index in [1.54, 1.807) is 0 Å². The first-order valence-electron chi connectivity index (χ1n) is 1.86. The Morgan fingerprint density at radius 3 is 1.00 bits per heavy atom. The van der Waals surface area contributed by atoms with Crippen molar-refractivity contribution >= 4 is 49.7 Å². The van der Waals surface area contributed by atoms with E-state index in [1.165, 1.54) is 0 Å². The van der Waals surface area contributed by atoms with Crippen molar-refractivity contribution in [3.8, 4) is 0 Å². The summed E-state index contributed by atoms with van der Waals surface area (Å²) in [5, 5.41) is 14.8. The predicted molar refractivity (Wildman–Crippen MR) is 38.8 cm³/mol. The summed E-state index contributed by atoms with van der Waals surface area (Å²) in [4.78, 5) is 18.0. The van der Waals surface area contributed by atoms with Crippen LogP contribution in [0.2, 0.25) is 0 Å². The molecule has 10 heavy (non-hydrogen) atoms. The molecular formula is C4H12CaO5. The van der Waals surface area contributed by atoms with Gasteiger partial charge in [-0.3, -0.25) is 9.59 Å². The van der Waals surface area contributed by atoms with Gasteiger partial charge in [-0.15, -0.1) is 0 Å². The third-order valence-electron chi connectivity index (χ3n) is 0. The Kier molecular flexibility index (Phi) is 36.1. The van der Waals surface area contributed by atoms with Crippen LogP contribution in [0.15, 0.2) is 0 Å². The van der Waals surface area contributed by atoms with Gasteiger partial charge in [0, 0.05) is 13.8 Å². The Morgan fingerprint density at radius 2 is 1.00 bits per heavy atom. The molecule has 0 unspecified atom stereocenters. The van der Waals surface area contributed by atoms with Gasteiger partial charge in [0.25, 0.3) is 11.9 Å². The van der Waals surface area contributed by atoms with Gasteiger partial charge in [-0.1, -0.05) is 0 Å². The third-order valence-corrected chi connectivity index (χ3v) is 0. The van der Waals surface area contributed by atoms with Crippen LogP contribution in [0.3, 0.4) is 0 Å². The van der Waals surface area contributed by atoms with Crippen LogP contribution >= 0.6 is 0 Å². The molecule has 4 N–H and O–H groups in total. The van der Waals surface area contributed by atoms with Crippen LogP contribution in [0.4, 0.5) is 0 Å². The Balaban J connectivity index is -0.0000000300. The summed E-state index contributed by atoms with van der Waals surface area (Å²) < 4.78 is 0. The number of hydrogen-bond donors (Lipinski definition) is 2. The molecule has 0 radical (unpaired) electrons. The molecule has 0 heterocycles. The molecular weight excluding hydrogens is 168 g/mol. The van der Waals surface area contributed by atoms with E-state index in [0.717, 1.165) is 13.8 Å². The van der Waals surface area contributed by atoms with Crippen molar-refractivity contribution in [1.29, 1.82) is 0 Å². The monoisotopic (exact) mass is 180 g/mol. The molecule has 0 aromatic heterocycles. The Morgan fingerprint density at radius 1 is 1.00 bits per heavy atom. The van der Waals surface area contributed by atoms with E-state index in [9.17, 15) is 0 Å². The van der Waals surface area contributed by atoms with Crippen LogP contribution in [0.1, 0.15) is 13.8 Å². The first-order chi connectivity index (χ1) is 3.46. The molecule has 6 heteroatoms. The molecule has 5 nitrogen and oxygen atoms in total. The molecule has 0 rings (SSSR count). The number of carboxylic acid groups (broad SMARTS) is 2. The van der Waals surface area contributed by atoms with Crippen LogP contribution < -0.4 is 0 Å². The summed E-state index contributed by atoms with van der Waals surface area (Å²) in [5.74, 6) is -1.67. The summed E-state index contributed by atoms with van der Waals surface area (Å²) in [6.45, 7) is 2.17. The normalized spacial score (nSPS) is 5.00. The fourth-order valence-electron chi connectivity index (χ4n) is 0. The standard InChI is InChI=1S/2C2H4O2.Ca.H2O.2H/c2*1-2(3)4;;;;/h2*1H3,(H,3,4);;1H2;;. The van der Waals surface area contributed by atoms with Crippen molar-refractivity contribution in [1.82, 2.24) is 0 Å². The summed E-state index contributed by atoms with van der Waals surface area (Å²) in [7, 11) is 0. The molecule has 0 aromatic carbocycles. The molecule has 0 aliphatic rings. The average molecular weight is 180 g/mol. The molecule has 0 aromatic rings. The van der Waals surface area contributed by atoms with E-state index in [-0.39, 0.29) is 43.2 Å². The van der Waals surface area contributed by atoms with Gasteiger partial charge in [-0.2, -0.15) is 0 Å². The second-order valence-electron chi connectivity index (χ2n) is 1.04. The van der Waals surface area contributed by atoms with Crippen molar-refractivity contribution in [2.45, 2.75) is 13.8 Å². The van der Waals surface area contributed by atoms with Crippen LogP contribution in [0.5, 0.6) is 0 Å². The molecule has 0 saturated carbocycles. The minimum atomic E-state index is -0.833. The number of carboxylic acids is 2. The molecule has 0 saturated heterocycles. The first kappa shape index (κ1) is 22.5. The molecule has 0 bridgehead atoms. The van der Waals surface area contributed by atoms with Crippen molar-refractivity contribution < 1.29 is 25.3 Å². The Bertz CT molecular complexity index is 71.6. The van der Waals surface area contributed by atoms with Gasteiger partial charge in [0.2, 0.25) is 0 Å². The minimum absolute atomic E-state index is 0. The predicted octanol–water partition coefficient (Wildman–Crippen LogP) is -1.56. The first-order valence-corrected chi connectivity index (χ1v) is 1.86. The summed E-state index contributed by atoms with van der Waals surface area (Å²) >= 11 is 0. The zero-order valence-electron chi connectivity index (χ0n) is 5.21. The molecule has 0 aliphatic heterocycles. The Hall–Kier alpha value is 0.160. The summed E-state index contributed by atoms with van der Waals surface area (Å²) in [6.07, 6.45) is 0. The van der Waals surface area contributed by atoms with Gasteiger partial charge in [0.1, 0.15) is 0 Å². The number of aliphatic carboxylic acids is 2. The van der Waals surface area contributed by atoms with Crippen molar-refractivity contribution in [2.24, 2.45) is 0 Å². The van der Waals surface area contributed by atoms with Crippen LogP contribution in [0.25, 0.3) is 0 Å². The number of rotatable bonds is 0. The van der Waals surface area contributed by atoms with E-state index >= 15 is 0 Å². The van der Waals surface area contributed by atoms with Crippen LogP contribution in [0, 0.1) is 0 Å². The molecule has 0 amide bonds. The molecule has 0 fully saturated rings. The number of hydrogen-bond acceptors (Lipinski definition) is 2. The van der Waals surface area contributed by atoms with Gasteiger partial charge in [0.15, 0.2) is 0 Å². The molecule has 0 spiro atoms.